The van der Waals surface area contributed by atoms with Crippen LogP contribution in [0.5, 0.6) is 0 Å². The molecular weight excluding hydrogens is 277 g/mol. The summed E-state index contributed by atoms with van der Waals surface area (Å²) < 4.78 is 40.0. The van der Waals surface area contributed by atoms with Crippen LogP contribution in [0.2, 0.25) is 0 Å². The van der Waals surface area contributed by atoms with Gasteiger partial charge in [-0.25, -0.2) is 4.79 Å². The molecular formula is C9H6BrF3O2. The number of carbonyl (C=O) groups is 1. The molecule has 6 heteroatoms. The Morgan fingerprint density at radius 2 is 2.07 bits per heavy atom. The highest BCUT2D eigenvalue weighted by molar-refractivity contribution is 9.10. The van der Waals surface area contributed by atoms with Crippen molar-refractivity contribution < 1.29 is 22.7 Å². The Hall–Kier alpha value is -1.04. The monoisotopic (exact) mass is 282 g/mol. The van der Waals surface area contributed by atoms with Gasteiger partial charge in [0.25, 0.3) is 0 Å². The lowest BCUT2D eigenvalue weighted by Crippen LogP contribution is -2.25. The molecule has 0 amide bonds. The Morgan fingerprint density at radius 1 is 1.40 bits per heavy atom. The molecule has 0 aliphatic rings. The molecule has 0 atom stereocenters. The summed E-state index contributed by atoms with van der Waals surface area (Å²) in [6.45, 7) is -0.391. The predicted octanol–water partition coefficient (Wildman–Crippen LogP) is 3.05. The first kappa shape index (κ1) is 12.0. The number of esters is 1. The smallest absolute Gasteiger partial charge is 0.454 e. The SMILES string of the molecule is O=C(OCc1cccc(Br)c1)C(F)(F)F. The molecule has 0 fully saturated rings. The third kappa shape index (κ3) is 3.91. The van der Waals surface area contributed by atoms with Crippen LogP contribution in [0.3, 0.4) is 0 Å². The second kappa shape index (κ2) is 4.65. The van der Waals surface area contributed by atoms with Crippen LogP contribution >= 0.6 is 15.9 Å². The summed E-state index contributed by atoms with van der Waals surface area (Å²) in [5.74, 6) is -2.18. The van der Waals surface area contributed by atoms with Gasteiger partial charge in [0.15, 0.2) is 0 Å². The van der Waals surface area contributed by atoms with Crippen LogP contribution < -0.4 is 0 Å². The molecule has 0 heterocycles. The normalized spacial score (nSPS) is 11.2. The lowest BCUT2D eigenvalue weighted by molar-refractivity contribution is -0.201. The zero-order chi connectivity index (χ0) is 11.5. The Bertz CT molecular complexity index is 363. The molecule has 0 saturated heterocycles. The van der Waals surface area contributed by atoms with E-state index in [-0.39, 0.29) is 0 Å². The van der Waals surface area contributed by atoms with Crippen molar-refractivity contribution in [1.82, 2.24) is 0 Å². The van der Waals surface area contributed by atoms with Crippen LogP contribution in [-0.2, 0) is 16.1 Å². The van der Waals surface area contributed by atoms with Gasteiger partial charge in [0, 0.05) is 4.47 Å². The van der Waals surface area contributed by atoms with Gasteiger partial charge >= 0.3 is 12.1 Å². The summed E-state index contributed by atoms with van der Waals surface area (Å²) in [5.41, 5.74) is 0.488. The van der Waals surface area contributed by atoms with E-state index in [0.717, 1.165) is 0 Å². The first-order chi connectivity index (χ1) is 6.89. The number of hydrogen-bond donors (Lipinski definition) is 0. The van der Waals surface area contributed by atoms with Crippen molar-refractivity contribution in [2.24, 2.45) is 0 Å². The molecule has 1 rings (SSSR count). The van der Waals surface area contributed by atoms with Crippen molar-refractivity contribution in [2.75, 3.05) is 0 Å². The molecule has 15 heavy (non-hydrogen) atoms. The Kier molecular flexibility index (Phi) is 3.73. The van der Waals surface area contributed by atoms with Crippen LogP contribution in [0.15, 0.2) is 28.7 Å². The molecule has 1 aromatic rings. The van der Waals surface area contributed by atoms with E-state index in [2.05, 4.69) is 20.7 Å². The Balaban J connectivity index is 2.55. The first-order valence-corrected chi connectivity index (χ1v) is 4.67. The number of alkyl halides is 3. The van der Waals surface area contributed by atoms with Gasteiger partial charge in [0.1, 0.15) is 6.61 Å². The highest BCUT2D eigenvalue weighted by atomic mass is 79.9. The van der Waals surface area contributed by atoms with Gasteiger partial charge in [0.05, 0.1) is 0 Å². The number of hydrogen-bond acceptors (Lipinski definition) is 2. The number of halogens is 4. The van der Waals surface area contributed by atoms with E-state index in [0.29, 0.717) is 10.0 Å². The average Bonchev–Trinajstić information content (AvgIpc) is 2.12. The van der Waals surface area contributed by atoms with Crippen LogP contribution in [-0.4, -0.2) is 12.1 Å². The summed E-state index contributed by atoms with van der Waals surface area (Å²) in [7, 11) is 0. The molecule has 2 nitrogen and oxygen atoms in total. The second-order valence-electron chi connectivity index (χ2n) is 2.70. The minimum atomic E-state index is -4.94. The number of rotatable bonds is 2. The van der Waals surface area contributed by atoms with Crippen molar-refractivity contribution in [3.8, 4) is 0 Å². The van der Waals surface area contributed by atoms with E-state index in [1.165, 1.54) is 0 Å². The van der Waals surface area contributed by atoms with Crippen molar-refractivity contribution in [2.45, 2.75) is 12.8 Å². The summed E-state index contributed by atoms with van der Waals surface area (Å²) in [5, 5.41) is 0. The topological polar surface area (TPSA) is 26.3 Å². The number of carbonyl (C=O) groups excluding carboxylic acids is 1. The van der Waals surface area contributed by atoms with E-state index in [9.17, 15) is 18.0 Å². The van der Waals surface area contributed by atoms with E-state index >= 15 is 0 Å². The lowest BCUT2D eigenvalue weighted by Gasteiger charge is -2.07. The zero-order valence-corrected chi connectivity index (χ0v) is 8.93. The van der Waals surface area contributed by atoms with Crippen LogP contribution in [0.4, 0.5) is 13.2 Å². The van der Waals surface area contributed by atoms with Gasteiger partial charge in [0.2, 0.25) is 0 Å². The molecule has 82 valence electrons. The quantitative estimate of drug-likeness (QED) is 0.780. The van der Waals surface area contributed by atoms with Gasteiger partial charge in [-0.3, -0.25) is 0 Å². The number of ether oxygens (including phenoxy) is 1. The second-order valence-corrected chi connectivity index (χ2v) is 3.62. The van der Waals surface area contributed by atoms with Crippen LogP contribution in [0, 0.1) is 0 Å². The molecule has 0 unspecified atom stereocenters. The first-order valence-electron chi connectivity index (χ1n) is 3.88. The van der Waals surface area contributed by atoms with Crippen LogP contribution in [0.25, 0.3) is 0 Å². The predicted molar refractivity (Wildman–Crippen MR) is 50.0 cm³/mol. The van der Waals surface area contributed by atoms with E-state index in [1.54, 1.807) is 24.3 Å². The third-order valence-corrected chi connectivity index (χ3v) is 1.98. The summed E-state index contributed by atoms with van der Waals surface area (Å²) in [6.07, 6.45) is -4.94. The Morgan fingerprint density at radius 3 is 2.60 bits per heavy atom. The van der Waals surface area contributed by atoms with Crippen molar-refractivity contribution in [3.05, 3.63) is 34.3 Å². The van der Waals surface area contributed by atoms with E-state index in [1.807, 2.05) is 0 Å². The van der Waals surface area contributed by atoms with Crippen molar-refractivity contribution >= 4 is 21.9 Å². The summed E-state index contributed by atoms with van der Waals surface area (Å²) >= 11 is 3.15. The molecule has 0 N–H and O–H groups in total. The maximum absolute atomic E-state index is 11.7. The molecule has 0 aliphatic heterocycles. The molecule has 0 radical (unpaired) electrons. The fourth-order valence-electron chi connectivity index (χ4n) is 0.857. The fraction of sp³-hybridized carbons (Fsp3) is 0.222. The van der Waals surface area contributed by atoms with Gasteiger partial charge in [-0.15, -0.1) is 0 Å². The van der Waals surface area contributed by atoms with Crippen molar-refractivity contribution in [1.29, 1.82) is 0 Å². The maximum atomic E-state index is 11.7. The van der Waals surface area contributed by atoms with Crippen LogP contribution in [0.1, 0.15) is 5.56 Å². The average molecular weight is 283 g/mol. The van der Waals surface area contributed by atoms with Gasteiger partial charge in [-0.1, -0.05) is 28.1 Å². The Labute approximate surface area is 92.2 Å². The lowest BCUT2D eigenvalue weighted by atomic mass is 10.2. The zero-order valence-electron chi connectivity index (χ0n) is 7.34. The molecule has 0 saturated carbocycles. The maximum Gasteiger partial charge on any atom is 0.490 e. The molecule has 0 bridgehead atoms. The fourth-order valence-corrected chi connectivity index (χ4v) is 1.30. The van der Waals surface area contributed by atoms with E-state index in [4.69, 9.17) is 0 Å². The van der Waals surface area contributed by atoms with E-state index < -0.39 is 18.8 Å². The molecule has 0 spiro atoms. The molecule has 0 aromatic heterocycles. The van der Waals surface area contributed by atoms with Gasteiger partial charge in [-0.05, 0) is 17.7 Å². The minimum absolute atomic E-state index is 0.391. The minimum Gasteiger partial charge on any atom is -0.454 e. The standard InChI is InChI=1S/C9H6BrF3O2/c10-7-3-1-2-6(4-7)5-15-8(14)9(11,12)13/h1-4H,5H2. The van der Waals surface area contributed by atoms with Crippen molar-refractivity contribution in [3.63, 3.8) is 0 Å². The highest BCUT2D eigenvalue weighted by Gasteiger charge is 2.40. The third-order valence-electron chi connectivity index (χ3n) is 1.49. The van der Waals surface area contributed by atoms with Gasteiger partial charge < -0.3 is 4.74 Å². The molecule has 0 aliphatic carbocycles. The summed E-state index contributed by atoms with van der Waals surface area (Å²) in [6, 6.07) is 6.49. The van der Waals surface area contributed by atoms with Gasteiger partial charge in [-0.2, -0.15) is 13.2 Å². The highest BCUT2D eigenvalue weighted by Crippen LogP contribution is 2.18. The summed E-state index contributed by atoms with van der Waals surface area (Å²) in [4.78, 5) is 10.4. The molecule has 1 aromatic carbocycles. The largest absolute Gasteiger partial charge is 0.490 e. The number of benzene rings is 1.